The van der Waals surface area contributed by atoms with E-state index in [1.54, 1.807) is 0 Å². The standard InChI is InChI=1S/C63H104O6/c1-4-7-10-13-16-19-22-25-27-28-29-30-31-32-33-34-36-38-41-44-47-50-53-56-62(65)68-59-60(58-67-61(64)55-52-49-46-43-40-37-24-21-18-15-12-9-6-3)69-63(66)57-54-51-48-45-42-39-35-26-23-20-17-14-11-8-5-2/h7-8,10-11,16-17,19-20,25-27,29-30,32-33,35,42,45,60H,4-6,9,12-15,18,21-24,28,31,34,36-41,43-44,46-59H2,1-3H3/b10-7-,11-8-,19-16-,20-17-,27-25-,30-29-,33-32-,35-26-,45-42-. The van der Waals surface area contributed by atoms with Crippen molar-refractivity contribution in [1.82, 2.24) is 0 Å². The molecule has 0 aliphatic carbocycles. The molecule has 0 aromatic carbocycles. The van der Waals surface area contributed by atoms with Crippen LogP contribution in [0, 0.1) is 0 Å². The van der Waals surface area contributed by atoms with Crippen molar-refractivity contribution in [3.05, 3.63) is 109 Å². The van der Waals surface area contributed by atoms with Crippen LogP contribution in [0.5, 0.6) is 0 Å². The summed E-state index contributed by atoms with van der Waals surface area (Å²) >= 11 is 0. The molecule has 0 bridgehead atoms. The summed E-state index contributed by atoms with van der Waals surface area (Å²) in [7, 11) is 0. The zero-order valence-electron chi connectivity index (χ0n) is 44.8. The van der Waals surface area contributed by atoms with E-state index in [-0.39, 0.29) is 37.5 Å². The quantitative estimate of drug-likeness (QED) is 0.0262. The maximum Gasteiger partial charge on any atom is 0.306 e. The van der Waals surface area contributed by atoms with E-state index in [9.17, 15) is 14.4 Å². The van der Waals surface area contributed by atoms with E-state index >= 15 is 0 Å². The van der Waals surface area contributed by atoms with Gasteiger partial charge in [-0.05, 0) is 103 Å². The van der Waals surface area contributed by atoms with Crippen molar-refractivity contribution in [2.45, 2.75) is 258 Å². The molecular formula is C63H104O6. The van der Waals surface area contributed by atoms with E-state index in [1.165, 1.54) is 89.9 Å². The summed E-state index contributed by atoms with van der Waals surface area (Å²) in [5, 5.41) is 0. The van der Waals surface area contributed by atoms with E-state index in [0.717, 1.165) is 116 Å². The fraction of sp³-hybridized carbons (Fsp3) is 0.667. The summed E-state index contributed by atoms with van der Waals surface area (Å²) in [6.07, 6.45) is 76.5. The molecule has 0 saturated heterocycles. The van der Waals surface area contributed by atoms with Crippen LogP contribution >= 0.6 is 0 Å². The van der Waals surface area contributed by atoms with Crippen molar-refractivity contribution in [2.75, 3.05) is 13.2 Å². The van der Waals surface area contributed by atoms with Crippen LogP contribution in [0.2, 0.25) is 0 Å². The molecule has 69 heavy (non-hydrogen) atoms. The van der Waals surface area contributed by atoms with Gasteiger partial charge in [-0.15, -0.1) is 0 Å². The minimum absolute atomic E-state index is 0.0979. The van der Waals surface area contributed by atoms with Gasteiger partial charge in [0.2, 0.25) is 0 Å². The van der Waals surface area contributed by atoms with Gasteiger partial charge in [0.1, 0.15) is 13.2 Å². The molecule has 0 aromatic heterocycles. The summed E-state index contributed by atoms with van der Waals surface area (Å²) in [5.41, 5.74) is 0. The van der Waals surface area contributed by atoms with Crippen molar-refractivity contribution in [1.29, 1.82) is 0 Å². The van der Waals surface area contributed by atoms with E-state index in [0.29, 0.717) is 19.3 Å². The first-order valence-corrected chi connectivity index (χ1v) is 28.4. The predicted octanol–water partition coefficient (Wildman–Crippen LogP) is 19.1. The molecule has 392 valence electrons. The molecule has 1 atom stereocenters. The van der Waals surface area contributed by atoms with Crippen LogP contribution in [0.1, 0.15) is 252 Å². The SMILES string of the molecule is CC/C=C\C/C=C\C/C=C\C/C=C\C/C=C\CCCCCCCCCC(=O)OCC(COC(=O)CCCCCCCCCCCCCCC)OC(=O)CCCC/C=C\C/C=C\C/C=C\C/C=C\CC. The third-order valence-electron chi connectivity index (χ3n) is 11.8. The number of esters is 3. The second kappa shape index (κ2) is 56.7. The van der Waals surface area contributed by atoms with E-state index in [2.05, 4.69) is 130 Å². The molecule has 0 radical (unpaired) electrons. The van der Waals surface area contributed by atoms with Gasteiger partial charge >= 0.3 is 17.9 Å². The van der Waals surface area contributed by atoms with Crippen molar-refractivity contribution in [3.63, 3.8) is 0 Å². The number of rotatable bonds is 50. The van der Waals surface area contributed by atoms with Crippen LogP contribution in [0.25, 0.3) is 0 Å². The van der Waals surface area contributed by atoms with E-state index in [1.807, 2.05) is 0 Å². The minimum Gasteiger partial charge on any atom is -0.462 e. The van der Waals surface area contributed by atoms with Crippen molar-refractivity contribution in [3.8, 4) is 0 Å². The number of hydrogen-bond acceptors (Lipinski definition) is 6. The highest BCUT2D eigenvalue weighted by atomic mass is 16.6. The number of allylic oxidation sites excluding steroid dienone is 18. The summed E-state index contributed by atoms with van der Waals surface area (Å²) in [4.78, 5) is 38.1. The lowest BCUT2D eigenvalue weighted by atomic mass is 10.0. The fourth-order valence-electron chi connectivity index (χ4n) is 7.58. The molecule has 1 unspecified atom stereocenters. The maximum absolute atomic E-state index is 12.8. The Balaban J connectivity index is 4.42. The van der Waals surface area contributed by atoms with Gasteiger partial charge in [-0.3, -0.25) is 14.4 Å². The summed E-state index contributed by atoms with van der Waals surface area (Å²) < 4.78 is 16.8. The second-order valence-electron chi connectivity index (χ2n) is 18.4. The van der Waals surface area contributed by atoms with Gasteiger partial charge in [-0.1, -0.05) is 239 Å². The number of hydrogen-bond donors (Lipinski definition) is 0. The molecule has 0 aliphatic heterocycles. The lowest BCUT2D eigenvalue weighted by Crippen LogP contribution is -2.30. The fourth-order valence-corrected chi connectivity index (χ4v) is 7.58. The largest absolute Gasteiger partial charge is 0.462 e. The Morgan fingerprint density at radius 2 is 0.565 bits per heavy atom. The van der Waals surface area contributed by atoms with Gasteiger partial charge in [0.15, 0.2) is 6.10 Å². The van der Waals surface area contributed by atoms with Gasteiger partial charge < -0.3 is 14.2 Å². The Morgan fingerprint density at radius 3 is 0.913 bits per heavy atom. The van der Waals surface area contributed by atoms with Crippen LogP contribution in [0.15, 0.2) is 109 Å². The molecule has 0 amide bonds. The summed E-state index contributed by atoms with van der Waals surface area (Å²) in [5.74, 6) is -0.950. The number of carbonyl (C=O) groups is 3. The summed E-state index contributed by atoms with van der Waals surface area (Å²) in [6, 6.07) is 0. The van der Waals surface area contributed by atoms with E-state index in [4.69, 9.17) is 14.2 Å². The molecule has 0 fully saturated rings. The third-order valence-corrected chi connectivity index (χ3v) is 11.8. The Labute approximate surface area is 425 Å². The molecule has 0 saturated carbocycles. The Hall–Kier alpha value is -3.93. The molecular weight excluding hydrogens is 853 g/mol. The lowest BCUT2D eigenvalue weighted by molar-refractivity contribution is -0.167. The molecule has 0 aliphatic rings. The number of carbonyl (C=O) groups excluding carboxylic acids is 3. The number of unbranched alkanes of at least 4 members (excludes halogenated alkanes) is 21. The number of ether oxygens (including phenoxy) is 3. The smallest absolute Gasteiger partial charge is 0.306 e. The predicted molar refractivity (Wildman–Crippen MR) is 297 cm³/mol. The molecule has 0 heterocycles. The van der Waals surface area contributed by atoms with Gasteiger partial charge in [0.05, 0.1) is 0 Å². The van der Waals surface area contributed by atoms with Crippen molar-refractivity contribution in [2.24, 2.45) is 0 Å². The minimum atomic E-state index is -0.805. The highest BCUT2D eigenvalue weighted by Gasteiger charge is 2.19. The summed E-state index contributed by atoms with van der Waals surface area (Å²) in [6.45, 7) is 6.37. The Kier molecular flexibility index (Phi) is 53.4. The van der Waals surface area contributed by atoms with Crippen LogP contribution in [0.3, 0.4) is 0 Å². The normalized spacial score (nSPS) is 12.9. The zero-order chi connectivity index (χ0) is 50.0. The van der Waals surface area contributed by atoms with Gasteiger partial charge in [-0.2, -0.15) is 0 Å². The Morgan fingerprint density at radius 1 is 0.304 bits per heavy atom. The zero-order valence-corrected chi connectivity index (χ0v) is 44.8. The maximum atomic E-state index is 12.8. The average molecular weight is 958 g/mol. The molecule has 6 heteroatoms. The van der Waals surface area contributed by atoms with Crippen LogP contribution in [-0.4, -0.2) is 37.2 Å². The molecule has 0 N–H and O–H groups in total. The Bertz CT molecular complexity index is 1420. The second-order valence-corrected chi connectivity index (χ2v) is 18.4. The first-order valence-electron chi connectivity index (χ1n) is 28.4. The monoisotopic (exact) mass is 957 g/mol. The van der Waals surface area contributed by atoms with E-state index < -0.39 is 6.10 Å². The van der Waals surface area contributed by atoms with Gasteiger partial charge in [0.25, 0.3) is 0 Å². The van der Waals surface area contributed by atoms with Crippen LogP contribution in [0.4, 0.5) is 0 Å². The lowest BCUT2D eigenvalue weighted by Gasteiger charge is -2.18. The molecule has 6 nitrogen and oxygen atoms in total. The highest BCUT2D eigenvalue weighted by molar-refractivity contribution is 5.71. The van der Waals surface area contributed by atoms with Crippen LogP contribution in [-0.2, 0) is 28.6 Å². The molecule has 0 rings (SSSR count). The average Bonchev–Trinajstić information content (AvgIpc) is 3.35. The molecule has 0 aromatic rings. The van der Waals surface area contributed by atoms with Gasteiger partial charge in [-0.25, -0.2) is 0 Å². The third kappa shape index (κ3) is 54.9. The van der Waals surface area contributed by atoms with Crippen molar-refractivity contribution < 1.29 is 28.6 Å². The highest BCUT2D eigenvalue weighted by Crippen LogP contribution is 2.15. The van der Waals surface area contributed by atoms with Crippen LogP contribution < -0.4 is 0 Å². The van der Waals surface area contributed by atoms with Crippen molar-refractivity contribution >= 4 is 17.9 Å². The first kappa shape index (κ1) is 65.1. The molecule has 0 spiro atoms. The topological polar surface area (TPSA) is 78.9 Å². The van der Waals surface area contributed by atoms with Gasteiger partial charge in [0, 0.05) is 19.3 Å². The first-order chi connectivity index (χ1) is 34.0.